The number of ether oxygens (including phenoxy) is 1. The van der Waals surface area contributed by atoms with Crippen LogP contribution in [0, 0.1) is 5.92 Å². The van der Waals surface area contributed by atoms with Crippen molar-refractivity contribution in [1.82, 2.24) is 10.2 Å². The van der Waals surface area contributed by atoms with E-state index in [1.165, 1.54) is 7.11 Å². The lowest BCUT2D eigenvalue weighted by atomic mass is 10.1. The zero-order valence-corrected chi connectivity index (χ0v) is 9.96. The summed E-state index contributed by atoms with van der Waals surface area (Å²) in [5.41, 5.74) is 6.16. The molecule has 0 amide bonds. The molecular weight excluding hydrogens is 220 g/mol. The molecule has 2 heterocycles. The van der Waals surface area contributed by atoms with Crippen LogP contribution in [0.5, 0.6) is 0 Å². The summed E-state index contributed by atoms with van der Waals surface area (Å²) in [6.45, 7) is 3.75. The summed E-state index contributed by atoms with van der Waals surface area (Å²) in [6.07, 6.45) is 0. The van der Waals surface area contributed by atoms with E-state index in [1.54, 1.807) is 12.1 Å². The Morgan fingerprint density at radius 2 is 2.24 bits per heavy atom. The molecule has 17 heavy (non-hydrogen) atoms. The van der Waals surface area contributed by atoms with Gasteiger partial charge in [0.25, 0.3) is 0 Å². The number of nitrogens with zero attached hydrogens (tertiary/aromatic N) is 3. The van der Waals surface area contributed by atoms with Crippen LogP contribution in [0.4, 0.5) is 5.82 Å². The minimum atomic E-state index is -0.476. The van der Waals surface area contributed by atoms with Crippen LogP contribution in [0.1, 0.15) is 17.4 Å². The third kappa shape index (κ3) is 2.36. The number of methoxy groups -OCH3 is 1. The Balaban J connectivity index is 2.11. The Morgan fingerprint density at radius 1 is 1.47 bits per heavy atom. The molecule has 0 aromatic carbocycles. The standard InChI is InChI=1S/C11H16N4O2/c1-7-5-15(6-8(7)12)10-4-3-9(13-14-10)11(16)17-2/h3-4,7-8H,5-6,12H2,1-2H3. The molecule has 2 rings (SSSR count). The van der Waals surface area contributed by atoms with Crippen molar-refractivity contribution in [2.24, 2.45) is 11.7 Å². The van der Waals surface area contributed by atoms with Crippen molar-refractivity contribution in [2.75, 3.05) is 25.1 Å². The second-order valence-electron chi connectivity index (χ2n) is 4.31. The van der Waals surface area contributed by atoms with Gasteiger partial charge >= 0.3 is 5.97 Å². The van der Waals surface area contributed by atoms with Crippen molar-refractivity contribution in [2.45, 2.75) is 13.0 Å². The minimum Gasteiger partial charge on any atom is -0.464 e. The van der Waals surface area contributed by atoms with Crippen molar-refractivity contribution in [3.05, 3.63) is 17.8 Å². The monoisotopic (exact) mass is 236 g/mol. The fourth-order valence-corrected chi connectivity index (χ4v) is 1.89. The van der Waals surface area contributed by atoms with Crippen molar-refractivity contribution in [3.63, 3.8) is 0 Å². The van der Waals surface area contributed by atoms with Gasteiger partial charge in [0, 0.05) is 19.1 Å². The SMILES string of the molecule is COC(=O)c1ccc(N2CC(C)C(N)C2)nn1. The highest BCUT2D eigenvalue weighted by molar-refractivity contribution is 5.86. The molecule has 1 aliphatic heterocycles. The van der Waals surface area contributed by atoms with E-state index in [4.69, 9.17) is 5.73 Å². The summed E-state index contributed by atoms with van der Waals surface area (Å²) >= 11 is 0. The maximum Gasteiger partial charge on any atom is 0.358 e. The van der Waals surface area contributed by atoms with Crippen molar-refractivity contribution in [1.29, 1.82) is 0 Å². The second kappa shape index (κ2) is 4.67. The van der Waals surface area contributed by atoms with E-state index in [0.29, 0.717) is 5.92 Å². The zero-order valence-electron chi connectivity index (χ0n) is 9.96. The fraction of sp³-hybridized carbons (Fsp3) is 0.545. The van der Waals surface area contributed by atoms with E-state index in [-0.39, 0.29) is 11.7 Å². The number of esters is 1. The molecular formula is C11H16N4O2. The van der Waals surface area contributed by atoms with Gasteiger partial charge in [-0.2, -0.15) is 0 Å². The van der Waals surface area contributed by atoms with Crippen molar-refractivity contribution in [3.8, 4) is 0 Å². The molecule has 2 unspecified atom stereocenters. The van der Waals surface area contributed by atoms with E-state index in [2.05, 4.69) is 26.8 Å². The van der Waals surface area contributed by atoms with Crippen LogP contribution in [-0.2, 0) is 4.74 Å². The first kappa shape index (κ1) is 11.8. The topological polar surface area (TPSA) is 81.3 Å². The number of nitrogens with two attached hydrogens (primary N) is 1. The van der Waals surface area contributed by atoms with E-state index in [9.17, 15) is 4.79 Å². The summed E-state index contributed by atoms with van der Waals surface area (Å²) in [6, 6.07) is 3.55. The lowest BCUT2D eigenvalue weighted by Crippen LogP contribution is -2.28. The minimum absolute atomic E-state index is 0.164. The summed E-state index contributed by atoms with van der Waals surface area (Å²) < 4.78 is 4.56. The molecule has 1 saturated heterocycles. The predicted molar refractivity (Wildman–Crippen MR) is 62.7 cm³/mol. The molecule has 6 nitrogen and oxygen atoms in total. The van der Waals surface area contributed by atoms with Gasteiger partial charge in [-0.3, -0.25) is 0 Å². The molecule has 0 saturated carbocycles. The van der Waals surface area contributed by atoms with Gasteiger partial charge in [-0.25, -0.2) is 4.79 Å². The molecule has 1 aliphatic rings. The zero-order chi connectivity index (χ0) is 12.4. The molecule has 2 N–H and O–H groups in total. The Morgan fingerprint density at radius 3 is 2.71 bits per heavy atom. The molecule has 0 bridgehead atoms. The lowest BCUT2D eigenvalue weighted by Gasteiger charge is -2.15. The highest BCUT2D eigenvalue weighted by atomic mass is 16.5. The van der Waals surface area contributed by atoms with Crippen LogP contribution in [0.15, 0.2) is 12.1 Å². The smallest absolute Gasteiger partial charge is 0.358 e. The molecule has 0 spiro atoms. The Labute approximate surface area is 99.8 Å². The summed E-state index contributed by atoms with van der Waals surface area (Å²) in [5.74, 6) is 0.713. The van der Waals surface area contributed by atoms with Crippen molar-refractivity contribution >= 4 is 11.8 Å². The summed E-state index contributed by atoms with van der Waals surface area (Å²) in [4.78, 5) is 13.3. The first-order valence-corrected chi connectivity index (χ1v) is 5.54. The van der Waals surface area contributed by atoms with E-state index in [1.807, 2.05) is 0 Å². The normalized spacial score (nSPS) is 23.8. The van der Waals surface area contributed by atoms with Gasteiger partial charge in [-0.05, 0) is 18.1 Å². The number of anilines is 1. The average molecular weight is 236 g/mol. The number of rotatable bonds is 2. The van der Waals surface area contributed by atoms with Gasteiger partial charge in [0.05, 0.1) is 7.11 Å². The molecule has 6 heteroatoms. The molecule has 2 atom stereocenters. The third-order valence-corrected chi connectivity index (χ3v) is 3.04. The summed E-state index contributed by atoms with van der Waals surface area (Å²) in [7, 11) is 1.32. The maximum atomic E-state index is 11.2. The number of hydrogen-bond donors (Lipinski definition) is 1. The molecule has 0 radical (unpaired) electrons. The number of carbonyl (C=O) groups is 1. The Hall–Kier alpha value is -1.69. The summed E-state index contributed by atoms with van der Waals surface area (Å²) in [5, 5.41) is 7.86. The second-order valence-corrected chi connectivity index (χ2v) is 4.31. The molecule has 92 valence electrons. The van der Waals surface area contributed by atoms with E-state index >= 15 is 0 Å². The van der Waals surface area contributed by atoms with Crippen LogP contribution in [0.2, 0.25) is 0 Å². The highest BCUT2D eigenvalue weighted by Gasteiger charge is 2.27. The Bertz CT molecular complexity index is 396. The first-order valence-electron chi connectivity index (χ1n) is 5.54. The van der Waals surface area contributed by atoms with Gasteiger partial charge < -0.3 is 15.4 Å². The van der Waals surface area contributed by atoms with Crippen LogP contribution in [-0.4, -0.2) is 42.4 Å². The van der Waals surface area contributed by atoms with Gasteiger partial charge in [0.2, 0.25) is 0 Å². The molecule has 0 aliphatic carbocycles. The lowest BCUT2D eigenvalue weighted by molar-refractivity contribution is 0.0592. The number of aromatic nitrogens is 2. The van der Waals surface area contributed by atoms with Gasteiger partial charge in [-0.15, -0.1) is 10.2 Å². The van der Waals surface area contributed by atoms with Crippen LogP contribution >= 0.6 is 0 Å². The predicted octanol–water partition coefficient (Wildman–Crippen LogP) is 0.0466. The number of hydrogen-bond acceptors (Lipinski definition) is 6. The van der Waals surface area contributed by atoms with Crippen molar-refractivity contribution < 1.29 is 9.53 Å². The van der Waals surface area contributed by atoms with E-state index < -0.39 is 5.97 Å². The average Bonchev–Trinajstić information content (AvgIpc) is 2.69. The first-order chi connectivity index (χ1) is 8.11. The van der Waals surface area contributed by atoms with Crippen LogP contribution in [0.25, 0.3) is 0 Å². The molecule has 1 aromatic rings. The van der Waals surface area contributed by atoms with Gasteiger partial charge in [0.15, 0.2) is 11.5 Å². The quantitative estimate of drug-likeness (QED) is 0.730. The van der Waals surface area contributed by atoms with Gasteiger partial charge in [0.1, 0.15) is 0 Å². The Kier molecular flexibility index (Phi) is 3.23. The van der Waals surface area contributed by atoms with E-state index in [0.717, 1.165) is 18.9 Å². The molecule has 1 aromatic heterocycles. The number of carbonyl (C=O) groups excluding carboxylic acids is 1. The molecule has 1 fully saturated rings. The van der Waals surface area contributed by atoms with Gasteiger partial charge in [-0.1, -0.05) is 6.92 Å². The fourth-order valence-electron chi connectivity index (χ4n) is 1.89. The highest BCUT2D eigenvalue weighted by Crippen LogP contribution is 2.20. The van der Waals surface area contributed by atoms with Crippen LogP contribution in [0.3, 0.4) is 0 Å². The maximum absolute atomic E-state index is 11.2. The third-order valence-electron chi connectivity index (χ3n) is 3.04. The largest absolute Gasteiger partial charge is 0.464 e. The van der Waals surface area contributed by atoms with Crippen LogP contribution < -0.4 is 10.6 Å².